The van der Waals surface area contributed by atoms with Crippen molar-refractivity contribution in [2.75, 3.05) is 24.3 Å². The van der Waals surface area contributed by atoms with Crippen LogP contribution in [0.4, 0.5) is 11.4 Å². The summed E-state index contributed by atoms with van der Waals surface area (Å²) < 4.78 is 4.83. The molecule has 176 valence electrons. The van der Waals surface area contributed by atoms with Gasteiger partial charge >= 0.3 is 5.97 Å². The van der Waals surface area contributed by atoms with Gasteiger partial charge in [-0.25, -0.2) is 4.79 Å². The highest BCUT2D eigenvalue weighted by Crippen LogP contribution is 2.38. The molecule has 4 N–H and O–H groups in total. The number of benzene rings is 3. The molecule has 1 aromatic heterocycles. The summed E-state index contributed by atoms with van der Waals surface area (Å²) in [6.45, 7) is 3.78. The average Bonchev–Trinajstić information content (AvgIpc) is 3.48. The van der Waals surface area contributed by atoms with E-state index >= 15 is 0 Å². The lowest BCUT2D eigenvalue weighted by atomic mass is 9.98. The molecule has 0 aliphatic carbocycles. The van der Waals surface area contributed by atoms with E-state index in [0.717, 1.165) is 40.8 Å². The number of aromatic nitrogens is 1. The largest absolute Gasteiger partial charge is 0.465 e. The number of carbonyl (C=O) groups is 2. The number of fused-ring (bicyclic) bond motifs is 2. The lowest BCUT2D eigenvalue weighted by Crippen LogP contribution is -2.12. The molecule has 0 saturated heterocycles. The van der Waals surface area contributed by atoms with Crippen molar-refractivity contribution in [3.8, 4) is 0 Å². The first-order valence-corrected chi connectivity index (χ1v) is 11.5. The Balaban J connectivity index is 1.61. The number of nitrogens with one attached hydrogen (secondary N) is 4. The predicted molar refractivity (Wildman–Crippen MR) is 139 cm³/mol. The fourth-order valence-electron chi connectivity index (χ4n) is 4.27. The number of anilines is 2. The van der Waals surface area contributed by atoms with E-state index < -0.39 is 5.97 Å². The molecule has 1 aliphatic rings. The fourth-order valence-corrected chi connectivity index (χ4v) is 4.27. The molecule has 0 bridgehead atoms. The summed E-state index contributed by atoms with van der Waals surface area (Å²) in [6.07, 6.45) is 1.89. The van der Waals surface area contributed by atoms with Crippen molar-refractivity contribution in [3.05, 3.63) is 95.2 Å². The molecule has 5 rings (SSSR count). The van der Waals surface area contributed by atoms with Gasteiger partial charge < -0.3 is 25.7 Å². The molecular weight excluding hydrogens is 440 g/mol. The lowest BCUT2D eigenvalue weighted by Gasteiger charge is -2.16. The monoisotopic (exact) mass is 466 g/mol. The molecule has 2 heterocycles. The third-order valence-corrected chi connectivity index (χ3v) is 6.08. The molecule has 0 spiro atoms. The van der Waals surface area contributed by atoms with Gasteiger partial charge in [0, 0.05) is 34.9 Å². The van der Waals surface area contributed by atoms with Crippen LogP contribution in [0.3, 0.4) is 0 Å². The number of esters is 1. The molecule has 4 aromatic rings. The highest BCUT2D eigenvalue weighted by molar-refractivity contribution is 6.37. The molecule has 1 aliphatic heterocycles. The first-order valence-electron chi connectivity index (χ1n) is 11.5. The van der Waals surface area contributed by atoms with Crippen LogP contribution in [0.1, 0.15) is 34.0 Å². The summed E-state index contributed by atoms with van der Waals surface area (Å²) in [6, 6.07) is 21.3. The summed E-state index contributed by atoms with van der Waals surface area (Å²) >= 11 is 0. The smallest absolute Gasteiger partial charge is 0.337 e. The quantitative estimate of drug-likeness (QED) is 0.227. The first-order chi connectivity index (χ1) is 17.1. The number of ether oxygens (including phenoxy) is 1. The van der Waals surface area contributed by atoms with Gasteiger partial charge in [0.05, 0.1) is 29.6 Å². The van der Waals surface area contributed by atoms with Crippen LogP contribution in [0.15, 0.2) is 72.9 Å². The highest BCUT2D eigenvalue weighted by atomic mass is 16.5. The number of hydrogen-bond acceptors (Lipinski definition) is 5. The van der Waals surface area contributed by atoms with Crippen LogP contribution in [0.25, 0.3) is 22.2 Å². The minimum absolute atomic E-state index is 0.234. The number of carbonyl (C=O) groups excluding carboxylic acids is 2. The van der Waals surface area contributed by atoms with E-state index in [1.807, 2.05) is 36.5 Å². The van der Waals surface area contributed by atoms with Gasteiger partial charge in [-0.15, -0.1) is 0 Å². The van der Waals surface area contributed by atoms with Crippen molar-refractivity contribution in [1.29, 1.82) is 0 Å². The first kappa shape index (κ1) is 22.4. The zero-order chi connectivity index (χ0) is 24.4. The Kier molecular flexibility index (Phi) is 6.08. The second-order valence-electron chi connectivity index (χ2n) is 8.34. The van der Waals surface area contributed by atoms with Crippen LogP contribution < -0.4 is 16.0 Å². The third-order valence-electron chi connectivity index (χ3n) is 6.08. The van der Waals surface area contributed by atoms with E-state index in [2.05, 4.69) is 46.1 Å². The minimum atomic E-state index is -0.451. The maximum absolute atomic E-state index is 13.2. The van der Waals surface area contributed by atoms with E-state index in [9.17, 15) is 9.59 Å². The van der Waals surface area contributed by atoms with Crippen LogP contribution in [-0.2, 0) is 16.1 Å². The van der Waals surface area contributed by atoms with Gasteiger partial charge in [-0.2, -0.15) is 0 Å². The summed E-state index contributed by atoms with van der Waals surface area (Å²) in [7, 11) is 1.34. The van der Waals surface area contributed by atoms with Crippen molar-refractivity contribution in [1.82, 2.24) is 10.3 Å². The van der Waals surface area contributed by atoms with Gasteiger partial charge in [0.25, 0.3) is 5.91 Å². The molecule has 35 heavy (non-hydrogen) atoms. The minimum Gasteiger partial charge on any atom is -0.465 e. The van der Waals surface area contributed by atoms with Gasteiger partial charge in [0.2, 0.25) is 0 Å². The van der Waals surface area contributed by atoms with Crippen LogP contribution >= 0.6 is 0 Å². The van der Waals surface area contributed by atoms with Crippen LogP contribution in [0.2, 0.25) is 0 Å². The fraction of sp³-hybridized carbons (Fsp3) is 0.143. The van der Waals surface area contributed by atoms with Gasteiger partial charge in [-0.05, 0) is 60.1 Å². The van der Waals surface area contributed by atoms with E-state index in [4.69, 9.17) is 4.74 Å². The Morgan fingerprint density at radius 2 is 1.77 bits per heavy atom. The molecule has 0 fully saturated rings. The van der Waals surface area contributed by atoms with Crippen LogP contribution in [0.5, 0.6) is 0 Å². The van der Waals surface area contributed by atoms with Crippen LogP contribution in [-0.4, -0.2) is 30.5 Å². The molecule has 7 nitrogen and oxygen atoms in total. The Hall–Kier alpha value is -4.36. The van der Waals surface area contributed by atoms with E-state index in [0.29, 0.717) is 22.5 Å². The normalized spacial score (nSPS) is 13.9. The highest BCUT2D eigenvalue weighted by Gasteiger charge is 2.29. The number of amides is 1. The molecule has 0 radical (unpaired) electrons. The van der Waals surface area contributed by atoms with Crippen LogP contribution in [0, 0.1) is 0 Å². The number of rotatable bonds is 7. The SMILES string of the molecule is CCNCc1ccc(NC(=C2C(=O)Nc3cc(C(=O)OC)ccc32)c2ccc3[nH]ccc3c2)cc1. The van der Waals surface area contributed by atoms with E-state index in [1.165, 1.54) is 12.7 Å². The van der Waals surface area contributed by atoms with Gasteiger partial charge in [-0.3, -0.25) is 4.79 Å². The van der Waals surface area contributed by atoms with E-state index in [1.54, 1.807) is 18.2 Å². The maximum Gasteiger partial charge on any atom is 0.337 e. The summed E-state index contributed by atoms with van der Waals surface area (Å²) in [5, 5.41) is 10.8. The Bertz CT molecular complexity index is 1450. The molecule has 3 aromatic carbocycles. The number of H-pyrrole nitrogens is 1. The second-order valence-corrected chi connectivity index (χ2v) is 8.34. The third kappa shape index (κ3) is 4.41. The van der Waals surface area contributed by atoms with Crippen molar-refractivity contribution in [2.24, 2.45) is 0 Å². The van der Waals surface area contributed by atoms with Crippen molar-refractivity contribution in [3.63, 3.8) is 0 Å². The standard InChI is InChI=1S/C28H26N4O3/c1-3-29-16-17-4-8-21(9-5-17)31-26(19-7-11-23-18(14-19)12-13-30-23)25-22-10-6-20(28(34)35-2)15-24(22)32-27(25)33/h4-15,29-31H,3,16H2,1-2H3,(H,32,33). The Labute approximate surface area is 203 Å². The molecular formula is C28H26N4O3. The molecule has 0 saturated carbocycles. The zero-order valence-corrected chi connectivity index (χ0v) is 19.6. The maximum atomic E-state index is 13.2. The second kappa shape index (κ2) is 9.48. The van der Waals surface area contributed by atoms with Crippen molar-refractivity contribution in [2.45, 2.75) is 13.5 Å². The molecule has 0 unspecified atom stereocenters. The number of methoxy groups -OCH3 is 1. The Morgan fingerprint density at radius 3 is 2.54 bits per heavy atom. The number of hydrogen-bond donors (Lipinski definition) is 4. The van der Waals surface area contributed by atoms with Crippen molar-refractivity contribution >= 4 is 45.4 Å². The Morgan fingerprint density at radius 1 is 0.971 bits per heavy atom. The zero-order valence-electron chi connectivity index (χ0n) is 19.6. The summed E-state index contributed by atoms with van der Waals surface area (Å²) in [5.41, 5.74) is 6.84. The number of aromatic amines is 1. The molecule has 1 amide bonds. The summed E-state index contributed by atoms with van der Waals surface area (Å²) in [5.74, 6) is -0.684. The average molecular weight is 467 g/mol. The topological polar surface area (TPSA) is 95.2 Å². The van der Waals surface area contributed by atoms with Crippen molar-refractivity contribution < 1.29 is 14.3 Å². The predicted octanol–water partition coefficient (Wildman–Crippen LogP) is 5.00. The van der Waals surface area contributed by atoms with E-state index in [-0.39, 0.29) is 5.91 Å². The summed E-state index contributed by atoms with van der Waals surface area (Å²) in [4.78, 5) is 28.4. The van der Waals surface area contributed by atoms with Gasteiger partial charge in [-0.1, -0.05) is 31.2 Å². The van der Waals surface area contributed by atoms with Gasteiger partial charge in [0.1, 0.15) is 0 Å². The van der Waals surface area contributed by atoms with Gasteiger partial charge in [0.15, 0.2) is 0 Å². The molecule has 7 heteroatoms. The lowest BCUT2D eigenvalue weighted by molar-refractivity contribution is -0.110. The molecule has 0 atom stereocenters.